The van der Waals surface area contributed by atoms with Crippen LogP contribution in [0.25, 0.3) is 0 Å². The van der Waals surface area contributed by atoms with Gasteiger partial charge in [-0.3, -0.25) is 9.59 Å². The number of esters is 1. The molecule has 1 fully saturated rings. The van der Waals surface area contributed by atoms with Crippen LogP contribution < -0.4 is 0 Å². The number of Topliss-reactive ketones (excluding diaryl/α,β-unsaturated/α-hetero) is 1. The summed E-state index contributed by atoms with van der Waals surface area (Å²) in [6, 6.07) is 7.60. The number of rotatable bonds is 7. The average Bonchev–Trinajstić information content (AvgIpc) is 3.27. The van der Waals surface area contributed by atoms with E-state index in [1.807, 2.05) is 4.90 Å². The van der Waals surface area contributed by atoms with Crippen molar-refractivity contribution in [2.45, 2.75) is 17.9 Å². The minimum atomic E-state index is -0.678. The van der Waals surface area contributed by atoms with Crippen molar-refractivity contribution in [2.75, 3.05) is 25.4 Å². The number of halogens is 2. The molecule has 0 atom stereocenters. The fraction of sp³-hybridized carbons (Fsp3) is 0.300. The molecule has 2 heterocycles. The fourth-order valence-electron chi connectivity index (χ4n) is 2.81. The first-order chi connectivity index (χ1) is 14.0. The summed E-state index contributed by atoms with van der Waals surface area (Å²) in [5.41, 5.74) is 0.512. The van der Waals surface area contributed by atoms with Crippen LogP contribution in [0, 0.1) is 0 Å². The van der Waals surface area contributed by atoms with Crippen molar-refractivity contribution in [3.05, 3.63) is 57.7 Å². The lowest BCUT2D eigenvalue weighted by molar-refractivity contribution is -0.127. The van der Waals surface area contributed by atoms with E-state index in [4.69, 9.17) is 27.9 Å². The van der Waals surface area contributed by atoms with Crippen LogP contribution in [0.2, 0.25) is 10.0 Å². The highest BCUT2D eigenvalue weighted by atomic mass is 35.5. The number of carbonyl (C=O) groups excluding carboxylic acids is 3. The molecule has 2 aromatic rings. The maximum absolute atomic E-state index is 12.5. The third-order valence-electron chi connectivity index (χ3n) is 4.36. The maximum atomic E-state index is 12.5. The van der Waals surface area contributed by atoms with Gasteiger partial charge >= 0.3 is 5.97 Å². The second-order valence-corrected chi connectivity index (χ2v) is 8.14. The zero-order chi connectivity index (χ0) is 20.8. The first-order valence-electron chi connectivity index (χ1n) is 8.96. The summed E-state index contributed by atoms with van der Waals surface area (Å²) >= 11 is 12.9. The highest BCUT2D eigenvalue weighted by Crippen LogP contribution is 2.24. The van der Waals surface area contributed by atoms with Crippen LogP contribution in [0.15, 0.2) is 41.6 Å². The number of likely N-dealkylation sites (tertiary alicyclic amines) is 1. The van der Waals surface area contributed by atoms with Gasteiger partial charge in [-0.25, -0.2) is 9.78 Å². The Morgan fingerprint density at radius 2 is 1.86 bits per heavy atom. The lowest BCUT2D eigenvalue weighted by atomic mass is 10.1. The van der Waals surface area contributed by atoms with Gasteiger partial charge in [0.1, 0.15) is 5.03 Å². The highest BCUT2D eigenvalue weighted by Gasteiger charge is 2.21. The molecular formula is C20H18Cl2N2O4S. The zero-order valence-electron chi connectivity index (χ0n) is 15.4. The van der Waals surface area contributed by atoms with E-state index in [9.17, 15) is 14.4 Å². The smallest absolute Gasteiger partial charge is 0.341 e. The Morgan fingerprint density at radius 3 is 2.59 bits per heavy atom. The predicted molar refractivity (Wildman–Crippen MR) is 112 cm³/mol. The average molecular weight is 453 g/mol. The molecule has 1 aromatic carbocycles. The second-order valence-electron chi connectivity index (χ2n) is 6.36. The molecule has 1 aromatic heterocycles. The standard InChI is InChI=1S/C20H18Cl2N2O4S/c21-15-6-5-13(10-16(15)22)17(25)11-28-20(27)14-4-3-7-23-19(14)29-12-18(26)24-8-1-2-9-24/h3-7,10H,1-2,8-9,11-12H2. The molecule has 152 valence electrons. The van der Waals surface area contributed by atoms with Crippen LogP contribution in [0.3, 0.4) is 0 Å². The number of hydrogen-bond donors (Lipinski definition) is 0. The van der Waals surface area contributed by atoms with E-state index >= 15 is 0 Å². The van der Waals surface area contributed by atoms with Gasteiger partial charge in [0.15, 0.2) is 12.4 Å². The van der Waals surface area contributed by atoms with Crippen molar-refractivity contribution >= 4 is 52.6 Å². The van der Waals surface area contributed by atoms with E-state index in [0.717, 1.165) is 25.9 Å². The number of ether oxygens (including phenoxy) is 1. The van der Waals surface area contributed by atoms with Gasteiger partial charge in [-0.1, -0.05) is 35.0 Å². The Kier molecular flexibility index (Phi) is 7.52. The summed E-state index contributed by atoms with van der Waals surface area (Å²) in [6.45, 7) is 1.10. The summed E-state index contributed by atoms with van der Waals surface area (Å²) in [6.07, 6.45) is 3.58. The maximum Gasteiger partial charge on any atom is 0.341 e. The molecule has 0 aliphatic carbocycles. The molecular weight excluding hydrogens is 435 g/mol. The van der Waals surface area contributed by atoms with Gasteiger partial charge in [0, 0.05) is 24.8 Å². The normalized spacial score (nSPS) is 13.4. The number of carbonyl (C=O) groups is 3. The van der Waals surface area contributed by atoms with Crippen molar-refractivity contribution in [1.82, 2.24) is 9.88 Å². The summed E-state index contributed by atoms with van der Waals surface area (Å²) in [5.74, 6) is -0.867. The highest BCUT2D eigenvalue weighted by molar-refractivity contribution is 8.00. The molecule has 29 heavy (non-hydrogen) atoms. The molecule has 0 saturated carbocycles. The SMILES string of the molecule is O=C(COC(=O)c1cccnc1SCC(=O)N1CCCC1)c1ccc(Cl)c(Cl)c1. The molecule has 0 unspecified atom stereocenters. The molecule has 1 aliphatic heterocycles. The molecule has 0 N–H and O–H groups in total. The third-order valence-corrected chi connectivity index (χ3v) is 6.09. The molecule has 0 bridgehead atoms. The van der Waals surface area contributed by atoms with Gasteiger partial charge in [0.2, 0.25) is 5.91 Å². The van der Waals surface area contributed by atoms with Gasteiger partial charge < -0.3 is 9.64 Å². The minimum absolute atomic E-state index is 0.0206. The van der Waals surface area contributed by atoms with Crippen molar-refractivity contribution in [1.29, 1.82) is 0 Å². The van der Waals surface area contributed by atoms with Crippen molar-refractivity contribution in [3.63, 3.8) is 0 Å². The van der Waals surface area contributed by atoms with E-state index < -0.39 is 18.4 Å². The summed E-state index contributed by atoms with van der Waals surface area (Å²) in [4.78, 5) is 42.9. The van der Waals surface area contributed by atoms with E-state index in [1.165, 1.54) is 30.0 Å². The molecule has 1 saturated heterocycles. The van der Waals surface area contributed by atoms with Gasteiger partial charge in [-0.2, -0.15) is 0 Å². The van der Waals surface area contributed by atoms with Crippen LogP contribution in [0.1, 0.15) is 33.6 Å². The Hall–Kier alpha value is -2.09. The van der Waals surface area contributed by atoms with Crippen LogP contribution in [0.4, 0.5) is 0 Å². The molecule has 9 heteroatoms. The molecule has 6 nitrogen and oxygen atoms in total. The fourth-order valence-corrected chi connectivity index (χ4v) is 3.99. The van der Waals surface area contributed by atoms with Gasteiger partial charge in [0.05, 0.1) is 21.4 Å². The number of aromatic nitrogens is 1. The van der Waals surface area contributed by atoms with Crippen LogP contribution in [0.5, 0.6) is 0 Å². The summed E-state index contributed by atoms with van der Waals surface area (Å²) < 4.78 is 5.15. The first-order valence-corrected chi connectivity index (χ1v) is 10.7. The van der Waals surface area contributed by atoms with Gasteiger partial charge in [-0.15, -0.1) is 0 Å². The van der Waals surface area contributed by atoms with Crippen molar-refractivity contribution in [2.24, 2.45) is 0 Å². The van der Waals surface area contributed by atoms with E-state index in [0.29, 0.717) is 15.6 Å². The van der Waals surface area contributed by atoms with E-state index in [1.54, 1.807) is 18.3 Å². The summed E-state index contributed by atoms with van der Waals surface area (Å²) in [5, 5.41) is 0.977. The zero-order valence-corrected chi connectivity index (χ0v) is 17.7. The molecule has 1 aliphatic rings. The van der Waals surface area contributed by atoms with Gasteiger partial charge in [-0.05, 0) is 43.2 Å². The lowest BCUT2D eigenvalue weighted by Gasteiger charge is -2.15. The number of pyridine rings is 1. The number of amides is 1. The Balaban J connectivity index is 1.59. The topological polar surface area (TPSA) is 76.6 Å². The monoisotopic (exact) mass is 452 g/mol. The number of benzene rings is 1. The number of hydrogen-bond acceptors (Lipinski definition) is 6. The molecule has 0 spiro atoms. The number of thioether (sulfide) groups is 1. The minimum Gasteiger partial charge on any atom is -0.454 e. The third kappa shape index (κ3) is 5.72. The molecule has 0 radical (unpaired) electrons. The van der Waals surface area contributed by atoms with Crippen LogP contribution in [-0.4, -0.2) is 53.0 Å². The van der Waals surface area contributed by atoms with Gasteiger partial charge in [0.25, 0.3) is 0 Å². The Bertz CT molecular complexity index is 932. The second kappa shape index (κ2) is 10.1. The lowest BCUT2D eigenvalue weighted by Crippen LogP contribution is -2.29. The Morgan fingerprint density at radius 1 is 1.10 bits per heavy atom. The molecule has 1 amide bonds. The van der Waals surface area contributed by atoms with Crippen LogP contribution >= 0.6 is 35.0 Å². The van der Waals surface area contributed by atoms with Crippen LogP contribution in [-0.2, 0) is 9.53 Å². The quantitative estimate of drug-likeness (QED) is 0.356. The van der Waals surface area contributed by atoms with Crippen molar-refractivity contribution in [3.8, 4) is 0 Å². The summed E-state index contributed by atoms with van der Waals surface area (Å²) in [7, 11) is 0. The van der Waals surface area contributed by atoms with Crippen molar-refractivity contribution < 1.29 is 19.1 Å². The number of ketones is 1. The first kappa shape index (κ1) is 21.6. The molecule has 3 rings (SSSR count). The number of nitrogens with zero attached hydrogens (tertiary/aromatic N) is 2. The largest absolute Gasteiger partial charge is 0.454 e. The van der Waals surface area contributed by atoms with E-state index in [-0.39, 0.29) is 22.2 Å². The van der Waals surface area contributed by atoms with E-state index in [2.05, 4.69) is 4.98 Å². The predicted octanol–water partition coefficient (Wildman–Crippen LogP) is 4.14. The Labute approximate surface area is 182 Å².